The second-order valence-electron chi connectivity index (χ2n) is 4.82. The Bertz CT molecular complexity index is 971. The minimum atomic E-state index is -0.491. The first-order valence-electron chi connectivity index (χ1n) is 6.64. The summed E-state index contributed by atoms with van der Waals surface area (Å²) in [4.78, 5) is 12.1. The van der Waals surface area contributed by atoms with Crippen LogP contribution in [0, 0.1) is 3.57 Å². The minimum absolute atomic E-state index is 0.0478. The Morgan fingerprint density at radius 2 is 2.12 bits per heavy atom. The molecule has 0 spiro atoms. The highest BCUT2D eigenvalue weighted by Crippen LogP contribution is 2.27. The van der Waals surface area contributed by atoms with Crippen LogP contribution >= 0.6 is 50.1 Å². The summed E-state index contributed by atoms with van der Waals surface area (Å²) in [6.45, 7) is 0. The number of amides is 1. The van der Waals surface area contributed by atoms with Gasteiger partial charge in [-0.3, -0.25) is 4.79 Å². The van der Waals surface area contributed by atoms with Gasteiger partial charge in [0.2, 0.25) is 0 Å². The van der Waals surface area contributed by atoms with Gasteiger partial charge in [0.25, 0.3) is 0 Å². The summed E-state index contributed by atoms with van der Waals surface area (Å²) < 4.78 is 6.96. The van der Waals surface area contributed by atoms with Crippen molar-refractivity contribution in [3.05, 3.63) is 60.8 Å². The number of carbonyl (C=O) groups excluding carboxylic acids is 1. The Morgan fingerprint density at radius 3 is 2.92 bits per heavy atom. The summed E-state index contributed by atoms with van der Waals surface area (Å²) in [5, 5.41) is 15.0. The normalized spacial score (nSPS) is 11.3. The number of aromatic hydroxyl groups is 1. The van der Waals surface area contributed by atoms with Crippen LogP contribution < -0.4 is 5.43 Å². The highest BCUT2D eigenvalue weighted by Gasteiger charge is 2.12. The molecule has 3 rings (SSSR count). The highest BCUT2D eigenvalue weighted by molar-refractivity contribution is 14.1. The van der Waals surface area contributed by atoms with Crippen molar-refractivity contribution in [1.29, 1.82) is 0 Å². The van der Waals surface area contributed by atoms with E-state index in [9.17, 15) is 9.90 Å². The molecule has 24 heavy (non-hydrogen) atoms. The van der Waals surface area contributed by atoms with Crippen LogP contribution in [0.15, 0.2) is 50.4 Å². The fourth-order valence-electron chi connectivity index (χ4n) is 2.03. The van der Waals surface area contributed by atoms with Crippen molar-refractivity contribution in [3.8, 4) is 5.75 Å². The molecule has 0 radical (unpaired) electrons. The molecule has 2 aromatic carbocycles. The minimum Gasteiger partial charge on any atom is -0.506 e. The zero-order valence-electron chi connectivity index (χ0n) is 11.9. The number of furan rings is 1. The maximum Gasteiger partial charge on any atom is 0.307 e. The first kappa shape index (κ1) is 17.2. The largest absolute Gasteiger partial charge is 0.506 e. The molecule has 0 fully saturated rings. The predicted octanol–water partition coefficient (Wildman–Crippen LogP) is 4.92. The average molecular weight is 520 g/mol. The molecule has 0 saturated heterocycles. The van der Waals surface area contributed by atoms with Gasteiger partial charge in [-0.15, -0.1) is 0 Å². The average Bonchev–Trinajstić information content (AvgIpc) is 2.95. The van der Waals surface area contributed by atoms with Gasteiger partial charge in [-0.25, -0.2) is 5.43 Å². The number of carbonyl (C=O) groups is 1. The van der Waals surface area contributed by atoms with Gasteiger partial charge in [0, 0.05) is 20.4 Å². The number of hydrazone groups is 1. The number of halogens is 3. The van der Waals surface area contributed by atoms with Crippen molar-refractivity contribution in [2.45, 2.75) is 0 Å². The maximum atomic E-state index is 12.1. The van der Waals surface area contributed by atoms with Crippen LogP contribution in [-0.4, -0.2) is 17.2 Å². The number of hydrogen-bond donors (Lipinski definition) is 2. The molecule has 3 aromatic rings. The number of fused-ring (bicyclic) bond motifs is 1. The zero-order valence-corrected chi connectivity index (χ0v) is 16.4. The van der Waals surface area contributed by atoms with Gasteiger partial charge in [-0.05, 0) is 59.0 Å². The van der Waals surface area contributed by atoms with E-state index in [1.54, 1.807) is 24.3 Å². The molecule has 0 aliphatic carbocycles. The molecule has 1 amide bonds. The van der Waals surface area contributed by atoms with Crippen molar-refractivity contribution < 1.29 is 14.3 Å². The Labute approximate surface area is 163 Å². The lowest BCUT2D eigenvalue weighted by Gasteiger charge is -2.02. The van der Waals surface area contributed by atoms with Gasteiger partial charge in [0.05, 0.1) is 9.78 Å². The molecule has 122 valence electrons. The van der Waals surface area contributed by atoms with E-state index in [1.165, 1.54) is 6.21 Å². The van der Waals surface area contributed by atoms with Gasteiger partial charge < -0.3 is 9.52 Å². The standard InChI is InChI=1S/C16H9BrClIN2O3/c17-10-1-2-13-8(3-10)5-14(24-13)16(23)21-20-7-9-4-11(18)6-12(19)15(9)22/h1-7,22H,(H,21,23)/b20-7+. The van der Waals surface area contributed by atoms with Crippen LogP contribution in [0.4, 0.5) is 0 Å². The van der Waals surface area contributed by atoms with Gasteiger partial charge in [-0.1, -0.05) is 27.5 Å². The van der Waals surface area contributed by atoms with Crippen molar-refractivity contribution in [1.82, 2.24) is 5.43 Å². The monoisotopic (exact) mass is 518 g/mol. The third-order valence-corrected chi connectivity index (χ3v) is 4.66. The quantitative estimate of drug-likeness (QED) is 0.293. The van der Waals surface area contributed by atoms with E-state index in [0.717, 1.165) is 9.86 Å². The number of rotatable bonds is 3. The first-order chi connectivity index (χ1) is 11.4. The second-order valence-corrected chi connectivity index (χ2v) is 7.33. The van der Waals surface area contributed by atoms with Crippen LogP contribution in [0.3, 0.4) is 0 Å². The molecule has 1 heterocycles. The number of benzene rings is 2. The third kappa shape index (κ3) is 3.73. The number of nitrogens with zero attached hydrogens (tertiary/aromatic N) is 1. The van der Waals surface area contributed by atoms with Crippen LogP contribution in [-0.2, 0) is 0 Å². The van der Waals surface area contributed by atoms with E-state index in [0.29, 0.717) is 19.7 Å². The molecular weight excluding hydrogens is 510 g/mol. The Hall–Kier alpha value is -1.58. The van der Waals surface area contributed by atoms with E-state index in [2.05, 4.69) is 26.5 Å². The summed E-state index contributed by atoms with van der Waals surface area (Å²) in [7, 11) is 0. The topological polar surface area (TPSA) is 74.8 Å². The van der Waals surface area contributed by atoms with E-state index >= 15 is 0 Å². The summed E-state index contributed by atoms with van der Waals surface area (Å²) in [5.74, 6) is -0.300. The predicted molar refractivity (Wildman–Crippen MR) is 105 cm³/mol. The van der Waals surface area contributed by atoms with E-state index in [4.69, 9.17) is 16.0 Å². The number of phenolic OH excluding ortho intramolecular Hbond substituents is 1. The first-order valence-corrected chi connectivity index (χ1v) is 8.89. The molecule has 0 atom stereocenters. The second kappa shape index (κ2) is 7.12. The van der Waals surface area contributed by atoms with Crippen molar-refractivity contribution in [3.63, 3.8) is 0 Å². The molecule has 0 bridgehead atoms. The number of hydrogen-bond acceptors (Lipinski definition) is 4. The fourth-order valence-corrected chi connectivity index (χ4v) is 3.46. The van der Waals surface area contributed by atoms with E-state index < -0.39 is 5.91 Å². The molecule has 0 aliphatic heterocycles. The van der Waals surface area contributed by atoms with Crippen LogP contribution in [0.1, 0.15) is 16.1 Å². The Balaban J connectivity index is 1.77. The number of phenols is 1. The molecule has 0 unspecified atom stereocenters. The smallest absolute Gasteiger partial charge is 0.307 e. The van der Waals surface area contributed by atoms with E-state index in [-0.39, 0.29) is 11.5 Å². The lowest BCUT2D eigenvalue weighted by molar-refractivity contribution is 0.0929. The van der Waals surface area contributed by atoms with E-state index in [1.807, 2.05) is 34.7 Å². The van der Waals surface area contributed by atoms with Crippen molar-refractivity contribution in [2.75, 3.05) is 0 Å². The SMILES string of the molecule is O=C(N/N=C/c1cc(Cl)cc(I)c1O)c1cc2cc(Br)ccc2o1. The molecule has 1 aromatic heterocycles. The molecule has 8 heteroatoms. The molecule has 0 aliphatic rings. The van der Waals surface area contributed by atoms with Crippen molar-refractivity contribution >= 4 is 73.2 Å². The molecule has 5 nitrogen and oxygen atoms in total. The van der Waals surface area contributed by atoms with Crippen molar-refractivity contribution in [2.24, 2.45) is 5.10 Å². The summed E-state index contributed by atoms with van der Waals surface area (Å²) >= 11 is 11.3. The molecule has 0 saturated carbocycles. The summed E-state index contributed by atoms with van der Waals surface area (Å²) in [6, 6.07) is 10.3. The van der Waals surface area contributed by atoms with Crippen LogP contribution in [0.2, 0.25) is 5.02 Å². The van der Waals surface area contributed by atoms with Crippen LogP contribution in [0.5, 0.6) is 5.75 Å². The molecular formula is C16H9BrClIN2O3. The van der Waals surface area contributed by atoms with Crippen LogP contribution in [0.25, 0.3) is 11.0 Å². The maximum absolute atomic E-state index is 12.1. The summed E-state index contributed by atoms with van der Waals surface area (Å²) in [6.07, 6.45) is 1.32. The Kier molecular flexibility index (Phi) is 5.12. The van der Waals surface area contributed by atoms with Gasteiger partial charge in [0.1, 0.15) is 11.3 Å². The third-order valence-electron chi connectivity index (χ3n) is 3.13. The Morgan fingerprint density at radius 1 is 1.33 bits per heavy atom. The van der Waals surface area contributed by atoms with Gasteiger partial charge in [-0.2, -0.15) is 5.10 Å². The number of nitrogens with one attached hydrogen (secondary N) is 1. The zero-order chi connectivity index (χ0) is 17.3. The molecule has 2 N–H and O–H groups in total. The lowest BCUT2D eigenvalue weighted by atomic mass is 10.2. The fraction of sp³-hybridized carbons (Fsp3) is 0. The lowest BCUT2D eigenvalue weighted by Crippen LogP contribution is -2.16. The summed E-state index contributed by atoms with van der Waals surface area (Å²) in [5.41, 5.74) is 3.37. The van der Waals surface area contributed by atoms with Gasteiger partial charge >= 0.3 is 5.91 Å². The highest BCUT2D eigenvalue weighted by atomic mass is 127. The van der Waals surface area contributed by atoms with Gasteiger partial charge in [0.15, 0.2) is 5.76 Å².